The van der Waals surface area contributed by atoms with Crippen LogP contribution in [0.15, 0.2) is 43.2 Å². The summed E-state index contributed by atoms with van der Waals surface area (Å²) >= 11 is 0. The lowest BCUT2D eigenvalue weighted by atomic mass is 10.2. The quantitative estimate of drug-likeness (QED) is 0.718. The number of aromatic nitrogens is 5. The molecule has 0 unspecified atom stereocenters. The maximum atomic E-state index is 12.4. The van der Waals surface area contributed by atoms with Gasteiger partial charge in [0.15, 0.2) is 0 Å². The first-order valence-electron chi connectivity index (χ1n) is 9.07. The molecular weight excluding hydrogens is 358 g/mol. The molecule has 0 aliphatic carbocycles. The van der Waals surface area contributed by atoms with Crippen LogP contribution >= 0.6 is 0 Å². The fraction of sp³-hybridized carbons (Fsp3) is 0.316. The van der Waals surface area contributed by atoms with Gasteiger partial charge in [0.1, 0.15) is 18.2 Å². The molecule has 4 rings (SSSR count). The zero-order valence-corrected chi connectivity index (χ0v) is 15.6. The van der Waals surface area contributed by atoms with E-state index >= 15 is 0 Å². The Labute approximate surface area is 162 Å². The monoisotopic (exact) mass is 379 g/mol. The van der Waals surface area contributed by atoms with Crippen LogP contribution in [0.3, 0.4) is 0 Å². The minimum atomic E-state index is -0.159. The minimum Gasteiger partial charge on any atom is -0.378 e. The van der Waals surface area contributed by atoms with E-state index in [0.717, 1.165) is 35.9 Å². The molecule has 1 saturated heterocycles. The molecule has 9 heteroatoms. The van der Waals surface area contributed by atoms with Crippen LogP contribution in [0.5, 0.6) is 0 Å². The van der Waals surface area contributed by atoms with Gasteiger partial charge in [-0.05, 0) is 19.1 Å². The van der Waals surface area contributed by atoms with Crippen molar-refractivity contribution in [2.75, 3.05) is 36.5 Å². The molecule has 3 aromatic heterocycles. The second-order valence-electron chi connectivity index (χ2n) is 6.45. The number of hydrogen-bond donors (Lipinski definition) is 1. The molecule has 28 heavy (non-hydrogen) atoms. The lowest BCUT2D eigenvalue weighted by molar-refractivity contribution is -0.116. The van der Waals surface area contributed by atoms with Crippen LogP contribution in [0.25, 0.3) is 11.3 Å². The summed E-state index contributed by atoms with van der Waals surface area (Å²) in [6.07, 6.45) is 8.28. The van der Waals surface area contributed by atoms with E-state index in [1.54, 1.807) is 37.2 Å². The Morgan fingerprint density at radius 1 is 1.14 bits per heavy atom. The van der Waals surface area contributed by atoms with Crippen molar-refractivity contribution in [3.8, 4) is 11.3 Å². The molecule has 0 saturated carbocycles. The van der Waals surface area contributed by atoms with Crippen molar-refractivity contribution in [1.29, 1.82) is 0 Å². The molecule has 0 radical (unpaired) electrons. The third kappa shape index (κ3) is 3.99. The number of morpholine rings is 1. The average Bonchev–Trinajstić information content (AvgIpc) is 3.10. The van der Waals surface area contributed by atoms with Gasteiger partial charge in [0.2, 0.25) is 5.91 Å². The Kier molecular flexibility index (Phi) is 5.24. The Balaban J connectivity index is 1.39. The molecule has 0 atom stereocenters. The van der Waals surface area contributed by atoms with E-state index in [9.17, 15) is 4.79 Å². The fourth-order valence-electron chi connectivity index (χ4n) is 3.08. The Morgan fingerprint density at radius 3 is 2.71 bits per heavy atom. The van der Waals surface area contributed by atoms with Gasteiger partial charge >= 0.3 is 0 Å². The molecule has 9 nitrogen and oxygen atoms in total. The van der Waals surface area contributed by atoms with Gasteiger partial charge in [-0.2, -0.15) is 0 Å². The number of anilines is 2. The molecule has 4 heterocycles. The van der Waals surface area contributed by atoms with Gasteiger partial charge in [-0.1, -0.05) is 0 Å². The molecule has 1 N–H and O–H groups in total. The van der Waals surface area contributed by atoms with Crippen molar-refractivity contribution in [3.63, 3.8) is 0 Å². The van der Waals surface area contributed by atoms with Crippen LogP contribution in [0, 0.1) is 6.92 Å². The highest BCUT2D eigenvalue weighted by atomic mass is 16.5. The third-order valence-corrected chi connectivity index (χ3v) is 4.59. The van der Waals surface area contributed by atoms with E-state index in [1.807, 2.05) is 17.6 Å². The summed E-state index contributed by atoms with van der Waals surface area (Å²) in [5.74, 6) is 1.24. The van der Waals surface area contributed by atoms with Gasteiger partial charge in [-0.3, -0.25) is 14.8 Å². The van der Waals surface area contributed by atoms with Gasteiger partial charge < -0.3 is 19.5 Å². The topological polar surface area (TPSA) is 98.1 Å². The number of amides is 1. The van der Waals surface area contributed by atoms with Crippen LogP contribution in [0.1, 0.15) is 5.69 Å². The molecule has 3 aromatic rings. The van der Waals surface area contributed by atoms with Crippen LogP contribution in [0.2, 0.25) is 0 Å². The van der Waals surface area contributed by atoms with Crippen LogP contribution in [-0.4, -0.2) is 56.7 Å². The number of carbonyl (C=O) groups is 1. The molecule has 0 spiro atoms. The van der Waals surface area contributed by atoms with E-state index in [-0.39, 0.29) is 12.5 Å². The van der Waals surface area contributed by atoms with E-state index < -0.39 is 0 Å². The summed E-state index contributed by atoms with van der Waals surface area (Å²) in [4.78, 5) is 31.6. The summed E-state index contributed by atoms with van der Waals surface area (Å²) in [6, 6.07) is 3.60. The Bertz CT molecular complexity index is 935. The third-order valence-electron chi connectivity index (χ3n) is 4.59. The first-order chi connectivity index (χ1) is 13.7. The summed E-state index contributed by atoms with van der Waals surface area (Å²) in [7, 11) is 0. The number of nitrogens with zero attached hydrogens (tertiary/aromatic N) is 6. The molecular formula is C19H21N7O2. The van der Waals surface area contributed by atoms with Crippen molar-refractivity contribution in [2.45, 2.75) is 13.5 Å². The van der Waals surface area contributed by atoms with Crippen molar-refractivity contribution in [1.82, 2.24) is 24.5 Å². The summed E-state index contributed by atoms with van der Waals surface area (Å²) in [5, 5.41) is 2.82. The zero-order chi connectivity index (χ0) is 19.3. The summed E-state index contributed by atoms with van der Waals surface area (Å²) < 4.78 is 7.22. The molecule has 1 amide bonds. The summed E-state index contributed by atoms with van der Waals surface area (Å²) in [5.41, 5.74) is 2.53. The van der Waals surface area contributed by atoms with E-state index in [4.69, 9.17) is 4.74 Å². The zero-order valence-electron chi connectivity index (χ0n) is 15.6. The Morgan fingerprint density at radius 2 is 2.00 bits per heavy atom. The number of hydrogen-bond acceptors (Lipinski definition) is 7. The van der Waals surface area contributed by atoms with Crippen molar-refractivity contribution >= 4 is 17.5 Å². The number of rotatable bonds is 5. The normalized spacial score (nSPS) is 14.1. The molecule has 1 aliphatic rings. The maximum absolute atomic E-state index is 12.4. The molecule has 144 valence electrons. The second-order valence-corrected chi connectivity index (χ2v) is 6.45. The van der Waals surface area contributed by atoms with Gasteiger partial charge in [-0.15, -0.1) is 0 Å². The fourth-order valence-corrected chi connectivity index (χ4v) is 3.08. The first kappa shape index (κ1) is 18.1. The predicted octanol–water partition coefficient (Wildman–Crippen LogP) is 1.52. The van der Waals surface area contributed by atoms with Crippen LogP contribution < -0.4 is 10.2 Å². The number of imidazole rings is 1. The predicted molar refractivity (Wildman–Crippen MR) is 104 cm³/mol. The van der Waals surface area contributed by atoms with Crippen molar-refractivity contribution in [3.05, 3.63) is 48.9 Å². The lowest BCUT2D eigenvalue weighted by Gasteiger charge is -2.27. The standard InChI is InChI=1S/C19H21N7O2/c1-14-19(25-6-8-28-9-7-25)23-13-26(14)12-18(27)24-17-3-2-15(10-22-17)16-11-20-4-5-21-16/h2-5,10-11,13H,6-9,12H2,1H3,(H,22,24,27). The highest BCUT2D eigenvalue weighted by molar-refractivity contribution is 5.89. The average molecular weight is 379 g/mol. The molecule has 0 bridgehead atoms. The van der Waals surface area contributed by atoms with Gasteiger partial charge in [-0.25, -0.2) is 9.97 Å². The summed E-state index contributed by atoms with van der Waals surface area (Å²) in [6.45, 7) is 5.17. The maximum Gasteiger partial charge on any atom is 0.245 e. The number of nitrogens with one attached hydrogen (secondary N) is 1. The van der Waals surface area contributed by atoms with E-state index in [0.29, 0.717) is 19.0 Å². The second kappa shape index (κ2) is 8.13. The van der Waals surface area contributed by atoms with Crippen molar-refractivity contribution in [2.24, 2.45) is 0 Å². The van der Waals surface area contributed by atoms with E-state index in [2.05, 4.69) is 30.2 Å². The van der Waals surface area contributed by atoms with Crippen LogP contribution in [-0.2, 0) is 16.1 Å². The molecule has 0 aromatic carbocycles. The van der Waals surface area contributed by atoms with Crippen LogP contribution in [0.4, 0.5) is 11.6 Å². The Hall–Kier alpha value is -3.33. The highest BCUT2D eigenvalue weighted by Gasteiger charge is 2.18. The molecule has 1 fully saturated rings. The first-order valence-corrected chi connectivity index (χ1v) is 9.07. The van der Waals surface area contributed by atoms with Gasteiger partial charge in [0, 0.05) is 37.2 Å². The number of carbonyl (C=O) groups excluding carboxylic acids is 1. The number of pyridine rings is 1. The van der Waals surface area contributed by atoms with Crippen molar-refractivity contribution < 1.29 is 9.53 Å². The minimum absolute atomic E-state index is 0.159. The largest absolute Gasteiger partial charge is 0.378 e. The highest BCUT2D eigenvalue weighted by Crippen LogP contribution is 2.19. The number of ether oxygens (including phenoxy) is 1. The van der Waals surface area contributed by atoms with E-state index in [1.165, 1.54) is 0 Å². The SMILES string of the molecule is Cc1c(N2CCOCC2)ncn1CC(=O)Nc1ccc(-c2cnccn2)cn1. The molecule has 1 aliphatic heterocycles. The lowest BCUT2D eigenvalue weighted by Crippen LogP contribution is -2.37. The van der Waals surface area contributed by atoms with Gasteiger partial charge in [0.25, 0.3) is 0 Å². The van der Waals surface area contributed by atoms with Gasteiger partial charge in [0.05, 0.1) is 37.1 Å². The smallest absolute Gasteiger partial charge is 0.245 e.